The molecular weight excluding hydrogens is 512 g/mol. The molecule has 4 rings (SSSR count). The fraction of sp³-hybridized carbons (Fsp3) is 0.417. The minimum Gasteiger partial charge on any atom is -0.346 e. The second-order valence-electron chi connectivity index (χ2n) is 9.02. The van der Waals surface area contributed by atoms with Crippen LogP contribution in [0.15, 0.2) is 36.7 Å². The molecule has 8 nitrogen and oxygen atoms in total. The number of H-pyrrole nitrogens is 1. The van der Waals surface area contributed by atoms with Gasteiger partial charge in [0.05, 0.1) is 17.3 Å². The van der Waals surface area contributed by atoms with Crippen molar-refractivity contribution in [3.63, 3.8) is 0 Å². The number of hydrogen-bond acceptors (Lipinski definition) is 5. The maximum absolute atomic E-state index is 13.0. The predicted octanol–water partition coefficient (Wildman–Crippen LogP) is 3.62. The highest BCUT2D eigenvalue weighted by Crippen LogP contribution is 2.36. The Bertz CT molecular complexity index is 1360. The van der Waals surface area contributed by atoms with Gasteiger partial charge in [-0.1, -0.05) is 23.7 Å². The smallest absolute Gasteiger partial charge is 0.242 e. The number of nitrogens with one attached hydrogen (secondary N) is 1. The zero-order valence-corrected chi connectivity index (χ0v) is 21.6. The number of pyridine rings is 1. The SMILES string of the molecule is CN(C)CCCS(=O)(=O)N1CCN(c2cccc(-c3cnc4[nH]cc(CC(F)F)c4c3Cl)c2)C(=O)C1. The van der Waals surface area contributed by atoms with Crippen LogP contribution in [0.3, 0.4) is 0 Å². The molecular formula is C24H28ClF2N5O3S. The van der Waals surface area contributed by atoms with Crippen molar-refractivity contribution >= 4 is 44.3 Å². The minimum absolute atomic E-state index is 0.00533. The quantitative estimate of drug-likeness (QED) is 0.448. The van der Waals surface area contributed by atoms with Crippen molar-refractivity contribution in [3.8, 4) is 11.1 Å². The second-order valence-corrected chi connectivity index (χ2v) is 11.5. The third-order valence-electron chi connectivity index (χ3n) is 6.15. The summed E-state index contributed by atoms with van der Waals surface area (Å²) in [7, 11) is 0.235. The molecule has 3 heterocycles. The molecule has 194 valence electrons. The fourth-order valence-corrected chi connectivity index (χ4v) is 6.13. The van der Waals surface area contributed by atoms with Crippen LogP contribution in [-0.2, 0) is 21.2 Å². The van der Waals surface area contributed by atoms with Gasteiger partial charge in [0.1, 0.15) is 5.65 Å². The summed E-state index contributed by atoms with van der Waals surface area (Å²) in [5, 5.41) is 0.748. The lowest BCUT2D eigenvalue weighted by atomic mass is 10.0. The highest BCUT2D eigenvalue weighted by Gasteiger charge is 2.32. The van der Waals surface area contributed by atoms with Crippen molar-refractivity contribution in [1.82, 2.24) is 19.2 Å². The van der Waals surface area contributed by atoms with E-state index in [1.54, 1.807) is 35.4 Å². The van der Waals surface area contributed by atoms with E-state index >= 15 is 0 Å². The van der Waals surface area contributed by atoms with E-state index in [4.69, 9.17) is 11.6 Å². The molecule has 0 saturated carbocycles. The normalized spacial score (nSPS) is 15.5. The Kier molecular flexibility index (Phi) is 7.93. The van der Waals surface area contributed by atoms with Crippen LogP contribution in [0, 0.1) is 0 Å². The summed E-state index contributed by atoms with van der Waals surface area (Å²) in [6.07, 6.45) is 0.579. The van der Waals surface area contributed by atoms with Gasteiger partial charge in [-0.2, -0.15) is 4.31 Å². The van der Waals surface area contributed by atoms with Gasteiger partial charge in [-0.25, -0.2) is 22.2 Å². The zero-order chi connectivity index (χ0) is 26.0. The molecule has 1 fully saturated rings. The zero-order valence-electron chi connectivity index (χ0n) is 20.0. The molecule has 36 heavy (non-hydrogen) atoms. The Morgan fingerprint density at radius 2 is 2.03 bits per heavy atom. The number of aromatic nitrogens is 2. The summed E-state index contributed by atoms with van der Waals surface area (Å²) in [5.41, 5.74) is 2.63. The number of carbonyl (C=O) groups excluding carboxylic acids is 1. The Labute approximate surface area is 213 Å². The molecule has 1 aromatic carbocycles. The van der Waals surface area contributed by atoms with Crippen LogP contribution < -0.4 is 4.90 Å². The summed E-state index contributed by atoms with van der Waals surface area (Å²) in [5.74, 6) is -0.326. The number of sulfonamides is 1. The van der Waals surface area contributed by atoms with Gasteiger partial charge in [0.25, 0.3) is 0 Å². The molecule has 1 aliphatic rings. The van der Waals surface area contributed by atoms with Gasteiger partial charge in [0.15, 0.2) is 0 Å². The highest BCUT2D eigenvalue weighted by atomic mass is 35.5. The van der Waals surface area contributed by atoms with Crippen molar-refractivity contribution in [3.05, 3.63) is 47.2 Å². The van der Waals surface area contributed by atoms with Crippen LogP contribution in [0.5, 0.6) is 0 Å². The topological polar surface area (TPSA) is 89.6 Å². The van der Waals surface area contributed by atoms with E-state index in [-0.39, 0.29) is 31.3 Å². The van der Waals surface area contributed by atoms with Gasteiger partial charge < -0.3 is 14.8 Å². The molecule has 0 spiro atoms. The van der Waals surface area contributed by atoms with Gasteiger partial charge in [-0.15, -0.1) is 0 Å². The first kappa shape index (κ1) is 26.5. The lowest BCUT2D eigenvalue weighted by molar-refractivity contribution is -0.119. The molecule has 3 aromatic rings. The van der Waals surface area contributed by atoms with E-state index in [0.717, 1.165) is 0 Å². The lowest BCUT2D eigenvalue weighted by Crippen LogP contribution is -2.52. The number of rotatable bonds is 9. The van der Waals surface area contributed by atoms with Crippen LogP contribution in [0.25, 0.3) is 22.2 Å². The van der Waals surface area contributed by atoms with Gasteiger partial charge in [0.2, 0.25) is 22.4 Å². The predicted molar refractivity (Wildman–Crippen MR) is 137 cm³/mol. The summed E-state index contributed by atoms with van der Waals surface area (Å²) in [4.78, 5) is 23.6. The number of benzene rings is 1. The monoisotopic (exact) mass is 539 g/mol. The van der Waals surface area contributed by atoms with Crippen molar-refractivity contribution in [2.75, 3.05) is 50.9 Å². The highest BCUT2D eigenvalue weighted by molar-refractivity contribution is 7.89. The summed E-state index contributed by atoms with van der Waals surface area (Å²) in [6.45, 7) is 0.851. The maximum Gasteiger partial charge on any atom is 0.242 e. The molecule has 12 heteroatoms. The van der Waals surface area contributed by atoms with E-state index < -0.39 is 22.9 Å². The number of nitrogens with zero attached hydrogens (tertiary/aromatic N) is 4. The number of fused-ring (bicyclic) bond motifs is 1. The summed E-state index contributed by atoms with van der Waals surface area (Å²) < 4.78 is 52.6. The third-order valence-corrected chi connectivity index (χ3v) is 8.45. The maximum atomic E-state index is 13.0. The average Bonchev–Trinajstić information content (AvgIpc) is 3.22. The van der Waals surface area contributed by atoms with E-state index in [9.17, 15) is 22.0 Å². The van der Waals surface area contributed by atoms with Crippen molar-refractivity contribution in [2.24, 2.45) is 0 Å². The van der Waals surface area contributed by atoms with Crippen molar-refractivity contribution < 1.29 is 22.0 Å². The van der Waals surface area contributed by atoms with E-state index in [0.29, 0.717) is 51.4 Å². The fourth-order valence-electron chi connectivity index (χ4n) is 4.34. The largest absolute Gasteiger partial charge is 0.346 e. The van der Waals surface area contributed by atoms with E-state index in [2.05, 4.69) is 9.97 Å². The van der Waals surface area contributed by atoms with Crippen LogP contribution in [0.1, 0.15) is 12.0 Å². The van der Waals surface area contributed by atoms with Gasteiger partial charge >= 0.3 is 0 Å². The average molecular weight is 540 g/mol. The molecule has 0 unspecified atom stereocenters. The van der Waals surface area contributed by atoms with E-state index in [1.807, 2.05) is 19.0 Å². The summed E-state index contributed by atoms with van der Waals surface area (Å²) >= 11 is 6.64. The standard InChI is InChI=1S/C24H28ClF2N5O3S/c1-30(2)7-4-10-36(34,35)31-8-9-32(21(33)15-31)18-6-3-5-16(11-18)19-14-29-24-22(23(19)25)17(13-28-24)12-20(26)27/h3,5-6,11,13-14,20H,4,7-10,12,15H2,1-2H3,(H,28,29). The number of carbonyl (C=O) groups is 1. The molecule has 1 saturated heterocycles. The molecule has 1 amide bonds. The Morgan fingerprint density at radius 1 is 1.25 bits per heavy atom. The Hall–Kier alpha value is -2.60. The van der Waals surface area contributed by atoms with Crippen molar-refractivity contribution in [2.45, 2.75) is 19.3 Å². The molecule has 0 aliphatic carbocycles. The van der Waals surface area contributed by atoms with Crippen LogP contribution in [0.4, 0.5) is 14.5 Å². The van der Waals surface area contributed by atoms with Gasteiger partial charge in [0, 0.05) is 48.5 Å². The Balaban J connectivity index is 1.54. The second kappa shape index (κ2) is 10.8. The number of hydrogen-bond donors (Lipinski definition) is 1. The van der Waals surface area contributed by atoms with Crippen LogP contribution in [0.2, 0.25) is 5.02 Å². The van der Waals surface area contributed by atoms with Crippen LogP contribution >= 0.6 is 11.6 Å². The molecule has 0 radical (unpaired) electrons. The van der Waals surface area contributed by atoms with Gasteiger partial charge in [-0.05, 0) is 50.3 Å². The number of anilines is 1. The molecule has 1 aliphatic heterocycles. The number of amides is 1. The molecule has 0 bridgehead atoms. The number of halogens is 3. The third kappa shape index (κ3) is 5.69. The molecule has 0 atom stereocenters. The first-order valence-electron chi connectivity index (χ1n) is 11.5. The molecule has 1 N–H and O–H groups in total. The number of alkyl halides is 2. The minimum atomic E-state index is -3.53. The first-order chi connectivity index (χ1) is 17.1. The van der Waals surface area contributed by atoms with Crippen molar-refractivity contribution in [1.29, 1.82) is 0 Å². The summed E-state index contributed by atoms with van der Waals surface area (Å²) in [6, 6.07) is 7.10. The number of aromatic amines is 1. The molecule has 2 aromatic heterocycles. The number of piperazine rings is 1. The lowest BCUT2D eigenvalue weighted by Gasteiger charge is -2.34. The van der Waals surface area contributed by atoms with E-state index in [1.165, 1.54) is 10.5 Å². The Morgan fingerprint density at radius 3 is 2.72 bits per heavy atom. The van der Waals surface area contributed by atoms with Gasteiger partial charge in [-0.3, -0.25) is 4.79 Å². The first-order valence-corrected chi connectivity index (χ1v) is 13.5. The van der Waals surface area contributed by atoms with Crippen LogP contribution in [-0.4, -0.2) is 86.0 Å².